The second-order valence-corrected chi connectivity index (χ2v) is 7.57. The van der Waals surface area contributed by atoms with Gasteiger partial charge >= 0.3 is 6.36 Å². The summed E-state index contributed by atoms with van der Waals surface area (Å²) in [6.45, 7) is 0. The van der Waals surface area contributed by atoms with Crippen molar-refractivity contribution in [3.8, 4) is 11.5 Å². The number of carbonyl (C=O) groups is 2. The van der Waals surface area contributed by atoms with Crippen molar-refractivity contribution in [2.24, 2.45) is 0 Å². The molecule has 1 aliphatic rings. The maximum atomic E-state index is 12.9. The topological polar surface area (TPSA) is 77.5 Å². The number of hydrogen-bond donors (Lipinski definition) is 1. The van der Waals surface area contributed by atoms with E-state index in [1.807, 2.05) is 0 Å². The standard InChI is InChI=1S/C24H19F3N2O4.H2/c1-32-19-5-3-2-4-18(19)21(30)15-6-11-20(28-14-15)29-22(31)23(12-13-23)16-7-9-17(10-8-16)33-24(25,26)27;/h2-11,14H,12-13H2,1H3,(H,28,29,31);1H. The molecule has 2 aromatic carbocycles. The Bertz CT molecular complexity index is 1180. The lowest BCUT2D eigenvalue weighted by atomic mass is 9.95. The monoisotopic (exact) mass is 458 g/mol. The number of carbonyl (C=O) groups excluding carboxylic acids is 2. The third-order valence-electron chi connectivity index (χ3n) is 5.44. The largest absolute Gasteiger partial charge is 0.573 e. The summed E-state index contributed by atoms with van der Waals surface area (Å²) >= 11 is 0. The molecule has 0 atom stereocenters. The molecular formula is C24H21F3N2O4. The van der Waals surface area contributed by atoms with E-state index in [0.717, 1.165) is 0 Å². The maximum Gasteiger partial charge on any atom is 0.573 e. The van der Waals surface area contributed by atoms with Gasteiger partial charge in [0, 0.05) is 13.2 Å². The van der Waals surface area contributed by atoms with Gasteiger partial charge in [-0.05, 0) is 54.8 Å². The molecule has 1 fully saturated rings. The Morgan fingerprint density at radius 1 is 1.03 bits per heavy atom. The predicted molar refractivity (Wildman–Crippen MR) is 115 cm³/mol. The zero-order chi connectivity index (χ0) is 23.6. The van der Waals surface area contributed by atoms with Gasteiger partial charge in [0.1, 0.15) is 17.3 Å². The van der Waals surface area contributed by atoms with E-state index in [9.17, 15) is 22.8 Å². The molecule has 3 aromatic rings. The Kier molecular flexibility index (Phi) is 5.80. The Balaban J connectivity index is 0.00000324. The van der Waals surface area contributed by atoms with E-state index in [0.29, 0.717) is 35.3 Å². The van der Waals surface area contributed by atoms with Crippen LogP contribution in [0.15, 0.2) is 66.9 Å². The van der Waals surface area contributed by atoms with E-state index >= 15 is 0 Å². The predicted octanol–water partition coefficient (Wildman–Crippen LogP) is 5.14. The molecular weight excluding hydrogens is 437 g/mol. The molecule has 9 heteroatoms. The SMILES string of the molecule is COc1ccccc1C(=O)c1ccc(NC(=O)C2(c3ccc(OC(F)(F)F)cc3)CC2)nc1.[HH]. The van der Waals surface area contributed by atoms with Crippen LogP contribution < -0.4 is 14.8 Å². The van der Waals surface area contributed by atoms with Crippen molar-refractivity contribution in [1.82, 2.24) is 4.98 Å². The van der Waals surface area contributed by atoms with Crippen LogP contribution >= 0.6 is 0 Å². The molecule has 0 aliphatic heterocycles. The zero-order valence-electron chi connectivity index (χ0n) is 17.5. The molecule has 0 unspecified atom stereocenters. The molecule has 1 aliphatic carbocycles. The number of nitrogens with zero attached hydrogens (tertiary/aromatic N) is 1. The zero-order valence-corrected chi connectivity index (χ0v) is 17.5. The van der Waals surface area contributed by atoms with Crippen LogP contribution in [0.1, 0.15) is 35.8 Å². The number of benzene rings is 2. The number of halogens is 3. The van der Waals surface area contributed by atoms with Gasteiger partial charge in [-0.3, -0.25) is 9.59 Å². The summed E-state index contributed by atoms with van der Waals surface area (Å²) in [6.07, 6.45) is -2.29. The molecule has 0 spiro atoms. The number of ether oxygens (including phenoxy) is 2. The fourth-order valence-electron chi connectivity index (χ4n) is 3.57. The first kappa shape index (κ1) is 22.3. The average Bonchev–Trinajstić information content (AvgIpc) is 3.61. The number of para-hydroxylation sites is 1. The minimum absolute atomic E-state index is 0. The molecule has 33 heavy (non-hydrogen) atoms. The van der Waals surface area contributed by atoms with E-state index < -0.39 is 11.8 Å². The summed E-state index contributed by atoms with van der Waals surface area (Å²) in [5.41, 5.74) is 0.495. The van der Waals surface area contributed by atoms with Crippen molar-refractivity contribution < 1.29 is 33.7 Å². The second kappa shape index (κ2) is 8.57. The first-order valence-electron chi connectivity index (χ1n) is 10.0. The van der Waals surface area contributed by atoms with Gasteiger partial charge in [-0.25, -0.2) is 4.98 Å². The van der Waals surface area contributed by atoms with Crippen LogP contribution in [0.2, 0.25) is 0 Å². The van der Waals surface area contributed by atoms with Gasteiger partial charge in [-0.15, -0.1) is 13.2 Å². The highest BCUT2D eigenvalue weighted by Crippen LogP contribution is 2.49. The number of nitrogens with one attached hydrogen (secondary N) is 1. The molecule has 1 heterocycles. The lowest BCUT2D eigenvalue weighted by molar-refractivity contribution is -0.274. The van der Waals surface area contributed by atoms with Crippen molar-refractivity contribution in [3.63, 3.8) is 0 Å². The number of rotatable bonds is 7. The molecule has 0 radical (unpaired) electrons. The number of ketones is 1. The van der Waals surface area contributed by atoms with Gasteiger partial charge in [-0.1, -0.05) is 24.3 Å². The molecule has 1 saturated carbocycles. The van der Waals surface area contributed by atoms with Gasteiger partial charge in [-0.2, -0.15) is 0 Å². The molecule has 1 aromatic heterocycles. The number of amides is 1. The van der Waals surface area contributed by atoms with Gasteiger partial charge < -0.3 is 14.8 Å². The van der Waals surface area contributed by atoms with Crippen LogP contribution in [0.5, 0.6) is 11.5 Å². The average molecular weight is 458 g/mol. The van der Waals surface area contributed by atoms with Crippen molar-refractivity contribution in [1.29, 1.82) is 0 Å². The van der Waals surface area contributed by atoms with Crippen molar-refractivity contribution in [2.75, 3.05) is 12.4 Å². The van der Waals surface area contributed by atoms with Crippen LogP contribution in [0.4, 0.5) is 19.0 Å². The Morgan fingerprint density at radius 2 is 1.73 bits per heavy atom. The number of aromatic nitrogens is 1. The van der Waals surface area contributed by atoms with Crippen molar-refractivity contribution >= 4 is 17.5 Å². The smallest absolute Gasteiger partial charge is 0.496 e. The number of pyridine rings is 1. The minimum atomic E-state index is -4.78. The van der Waals surface area contributed by atoms with Crippen LogP contribution in [-0.4, -0.2) is 30.1 Å². The number of anilines is 1. The van der Waals surface area contributed by atoms with Gasteiger partial charge in [0.15, 0.2) is 5.78 Å². The molecule has 1 amide bonds. The maximum absolute atomic E-state index is 12.9. The van der Waals surface area contributed by atoms with Crippen LogP contribution in [0.25, 0.3) is 0 Å². The quantitative estimate of drug-likeness (QED) is 0.497. The van der Waals surface area contributed by atoms with Crippen molar-refractivity contribution in [3.05, 3.63) is 83.6 Å². The molecule has 4 rings (SSSR count). The van der Waals surface area contributed by atoms with Crippen molar-refractivity contribution in [2.45, 2.75) is 24.6 Å². The Labute approximate surface area is 188 Å². The number of alkyl halides is 3. The molecule has 172 valence electrons. The third-order valence-corrected chi connectivity index (χ3v) is 5.44. The molecule has 0 saturated heterocycles. The highest BCUT2D eigenvalue weighted by atomic mass is 19.4. The molecule has 6 nitrogen and oxygen atoms in total. The summed E-state index contributed by atoms with van der Waals surface area (Å²) in [7, 11) is 1.48. The summed E-state index contributed by atoms with van der Waals surface area (Å²) in [6, 6.07) is 15.2. The van der Waals surface area contributed by atoms with E-state index in [2.05, 4.69) is 15.0 Å². The first-order chi connectivity index (χ1) is 15.7. The first-order valence-corrected chi connectivity index (χ1v) is 10.0. The Morgan fingerprint density at radius 3 is 2.30 bits per heavy atom. The van der Waals surface area contributed by atoms with Gasteiger partial charge in [0.05, 0.1) is 18.1 Å². The molecule has 1 N–H and O–H groups in total. The number of hydrogen-bond acceptors (Lipinski definition) is 5. The van der Waals surface area contributed by atoms with E-state index in [4.69, 9.17) is 4.74 Å². The molecule has 0 bridgehead atoms. The highest BCUT2D eigenvalue weighted by Gasteiger charge is 2.51. The van der Waals surface area contributed by atoms with E-state index in [1.165, 1.54) is 43.6 Å². The summed E-state index contributed by atoms with van der Waals surface area (Å²) in [5.74, 6) is -0.220. The van der Waals surface area contributed by atoms with Crippen LogP contribution in [-0.2, 0) is 10.2 Å². The van der Waals surface area contributed by atoms with Gasteiger partial charge in [0.25, 0.3) is 0 Å². The van der Waals surface area contributed by atoms with E-state index in [1.54, 1.807) is 30.3 Å². The fraction of sp³-hybridized carbons (Fsp3) is 0.208. The normalized spacial score (nSPS) is 14.3. The van der Waals surface area contributed by atoms with Crippen LogP contribution in [0, 0.1) is 0 Å². The van der Waals surface area contributed by atoms with E-state index in [-0.39, 0.29) is 24.7 Å². The summed E-state index contributed by atoms with van der Waals surface area (Å²) < 4.78 is 46.1. The summed E-state index contributed by atoms with van der Waals surface area (Å²) in [5, 5.41) is 2.73. The lowest BCUT2D eigenvalue weighted by Gasteiger charge is -2.16. The Hall–Kier alpha value is -3.88. The second-order valence-electron chi connectivity index (χ2n) is 7.57. The van der Waals surface area contributed by atoms with Crippen LogP contribution in [0.3, 0.4) is 0 Å². The third kappa shape index (κ3) is 4.82. The summed E-state index contributed by atoms with van der Waals surface area (Å²) in [4.78, 5) is 29.8. The number of methoxy groups -OCH3 is 1. The highest BCUT2D eigenvalue weighted by molar-refractivity contribution is 6.10. The lowest BCUT2D eigenvalue weighted by Crippen LogP contribution is -2.28. The minimum Gasteiger partial charge on any atom is -0.496 e. The van der Waals surface area contributed by atoms with Gasteiger partial charge in [0.2, 0.25) is 5.91 Å². The fourth-order valence-corrected chi connectivity index (χ4v) is 3.57.